The van der Waals surface area contributed by atoms with Crippen LogP contribution < -0.4 is 5.46 Å². The van der Waals surface area contributed by atoms with Gasteiger partial charge in [-0.3, -0.25) is 0 Å². The van der Waals surface area contributed by atoms with Crippen molar-refractivity contribution in [2.24, 2.45) is 0 Å². The molecule has 6 aromatic carbocycles. The van der Waals surface area contributed by atoms with Crippen LogP contribution in [0.3, 0.4) is 0 Å². The molecule has 0 aliphatic heterocycles. The fraction of sp³-hybridized carbons (Fsp3) is 0.143. The first-order chi connectivity index (χ1) is 28.7. The maximum absolute atomic E-state index is 9.17. The number of aromatic hydroxyl groups is 1. The number of halogens is 3. The Kier molecular flexibility index (Phi) is 25.9. The van der Waals surface area contributed by atoms with Crippen molar-refractivity contribution in [3.05, 3.63) is 198 Å². The van der Waals surface area contributed by atoms with Gasteiger partial charge in [0.2, 0.25) is 0 Å². The predicted molar refractivity (Wildman–Crippen MR) is 257 cm³/mol. The van der Waals surface area contributed by atoms with Crippen LogP contribution >= 0.6 is 54.5 Å². The number of aryl methyl sites for hydroxylation is 5. The van der Waals surface area contributed by atoms with E-state index in [1.165, 1.54) is 16.7 Å². The van der Waals surface area contributed by atoms with Crippen LogP contribution in [0.25, 0.3) is 21.9 Å². The van der Waals surface area contributed by atoms with Crippen LogP contribution in [0.4, 0.5) is 0 Å². The summed E-state index contributed by atoms with van der Waals surface area (Å²) in [5.74, 6) is 4.91. The molecule has 12 heteroatoms. The molecule has 6 nitrogen and oxygen atoms in total. The summed E-state index contributed by atoms with van der Waals surface area (Å²) in [6, 6.07) is 51.7. The number of furan rings is 2. The van der Waals surface area contributed by atoms with Gasteiger partial charge in [-0.1, -0.05) is 142 Å². The van der Waals surface area contributed by atoms with E-state index in [-0.39, 0.29) is 24.5 Å². The molecule has 1 radical (unpaired) electrons. The molecule has 8 aromatic rings. The van der Waals surface area contributed by atoms with E-state index < -0.39 is 7.12 Å². The molecular weight excluding hydrogens is 1110 g/mol. The van der Waals surface area contributed by atoms with Crippen molar-refractivity contribution in [3.63, 3.8) is 0 Å². The van der Waals surface area contributed by atoms with E-state index >= 15 is 0 Å². The van der Waals surface area contributed by atoms with Gasteiger partial charge in [0, 0.05) is 56.0 Å². The van der Waals surface area contributed by atoms with Gasteiger partial charge in [0.15, 0.2) is 0 Å². The molecule has 0 aliphatic rings. The maximum atomic E-state index is 9.17. The van der Waals surface area contributed by atoms with E-state index in [2.05, 4.69) is 137 Å². The van der Waals surface area contributed by atoms with Crippen molar-refractivity contribution >= 4 is 89.0 Å². The average Bonchev–Trinajstić information content (AvgIpc) is 3.88. The third-order valence-corrected chi connectivity index (χ3v) is 10.6. The number of hydrogen-bond acceptors (Lipinski definition) is 6. The van der Waals surface area contributed by atoms with Gasteiger partial charge >= 0.3 is 26.9 Å². The van der Waals surface area contributed by atoms with Gasteiger partial charge in [0.05, 0.1) is 3.57 Å². The number of rotatable bonds is 9. The van der Waals surface area contributed by atoms with Crippen molar-refractivity contribution in [1.29, 1.82) is 0 Å². The Hall–Kier alpha value is -3.73. The summed E-state index contributed by atoms with van der Waals surface area (Å²) in [6.07, 6.45) is 10.7. The van der Waals surface area contributed by atoms with Crippen LogP contribution in [0.15, 0.2) is 176 Å². The fourth-order valence-corrected chi connectivity index (χ4v) is 7.44. The van der Waals surface area contributed by atoms with Crippen LogP contribution in [0.2, 0.25) is 0 Å². The van der Waals surface area contributed by atoms with Gasteiger partial charge in [0.25, 0.3) is 0 Å². The van der Waals surface area contributed by atoms with Crippen molar-refractivity contribution in [3.8, 4) is 18.1 Å². The zero-order valence-corrected chi connectivity index (χ0v) is 39.4. The number of hydrogen-bond donors (Lipinski definition) is 3. The van der Waals surface area contributed by atoms with Crippen molar-refractivity contribution in [2.45, 2.75) is 46.0 Å². The molecule has 0 aliphatic carbocycles. The molecule has 0 atom stereocenters. The normalized spacial score (nSPS) is 9.74. The summed E-state index contributed by atoms with van der Waals surface area (Å²) in [5, 5.41) is 29.4. The average molecular weight is 1160 g/mol. The Morgan fingerprint density at radius 3 is 1.46 bits per heavy atom. The quantitative estimate of drug-likeness (QED) is 0.0756. The molecule has 2 heterocycles. The van der Waals surface area contributed by atoms with Gasteiger partial charge < -0.3 is 24.0 Å². The number of phenols is 1. The van der Waals surface area contributed by atoms with Crippen LogP contribution in [-0.4, -0.2) is 22.3 Å². The minimum atomic E-state index is -1.44. The standard InChI is InChI=1S/C16H15BO3.C16H13BrO.C10H10.C6H4BrIO.CH4.2Cu.O/c18-17(19)14-7-9-16-13(10-14)11-15(20-16)8-6-12-4-2-1-3-5-12;17-14-7-9-16-13(10-14)11-15(18-16)8-6-12-4-2-1-3-5-12;1-2-3-7-10-8-5-4-6-9-10;7-4-1-2-6(9)5(8)3-4;;;;/h1-5,7,9-11,18-19H,6,8H2;1-5,7,9-11H,6,8H2;1,4-6,8-9H,3,7H2;1-3,9H;1H4;;;. The molecule has 0 saturated carbocycles. The van der Waals surface area contributed by atoms with Crippen LogP contribution in [-0.2, 0) is 69.0 Å². The van der Waals surface area contributed by atoms with E-state index in [0.29, 0.717) is 11.2 Å². The third-order valence-electron chi connectivity index (χ3n) is 8.74. The minimum absolute atomic E-state index is 0. The zero-order chi connectivity index (χ0) is 42.4. The van der Waals surface area contributed by atoms with Gasteiger partial charge in [-0.15, -0.1) is 12.3 Å². The molecule has 0 spiro atoms. The molecule has 8 rings (SSSR count). The molecule has 61 heavy (non-hydrogen) atoms. The summed E-state index contributed by atoms with van der Waals surface area (Å²) in [5.41, 5.74) is 6.16. The van der Waals surface area contributed by atoms with E-state index in [1.807, 2.05) is 66.7 Å². The van der Waals surface area contributed by atoms with Gasteiger partial charge in [-0.05, 0) is 119 Å². The predicted octanol–water partition coefficient (Wildman–Crippen LogP) is 12.4. The monoisotopic (exact) mass is 1150 g/mol. The molecule has 0 fully saturated rings. The molecule has 324 valence electrons. The van der Waals surface area contributed by atoms with Crippen LogP contribution in [0, 0.1) is 15.9 Å². The fourth-order valence-electron chi connectivity index (χ4n) is 5.76. The first-order valence-electron chi connectivity index (χ1n) is 18.5. The number of fused-ring (bicyclic) bond motifs is 2. The summed E-state index contributed by atoms with van der Waals surface area (Å²) < 4.78 is 22.3. The summed E-state index contributed by atoms with van der Waals surface area (Å²) in [4.78, 5) is 0. The molecule has 3 N–H and O–H groups in total. The molecule has 2 aromatic heterocycles. The van der Waals surface area contributed by atoms with Crippen LogP contribution in [0.1, 0.15) is 42.1 Å². The number of terminal acetylenes is 1. The third kappa shape index (κ3) is 19.1. The Labute approximate surface area is 408 Å². The number of benzene rings is 6. The Bertz CT molecular complexity index is 2490. The second kappa shape index (κ2) is 29.6. The van der Waals surface area contributed by atoms with Gasteiger partial charge in [-0.25, -0.2) is 0 Å². The van der Waals surface area contributed by atoms with Crippen molar-refractivity contribution in [2.75, 3.05) is 0 Å². The van der Waals surface area contributed by atoms with Crippen LogP contribution in [0.5, 0.6) is 5.75 Å². The SMILES string of the molecule is Brc1ccc2oc(CCc3ccccc3)cc2c1.C.C#CCCc1ccccc1.OB(O)c1ccc2oc(CCc3ccccc3)cc2c1.Oc1ccc(Br)cc1I.[Cu].[O]=[Cu]. The Morgan fingerprint density at radius 1 is 0.590 bits per heavy atom. The Morgan fingerprint density at radius 2 is 1.02 bits per heavy atom. The van der Waals surface area contributed by atoms with E-state index in [0.717, 1.165) is 84.5 Å². The van der Waals surface area contributed by atoms with E-state index in [1.54, 1.807) is 30.3 Å². The molecule has 0 unspecified atom stereocenters. The molecular formula is C49H46BBr2Cu2IO6. The molecule has 0 bridgehead atoms. The summed E-state index contributed by atoms with van der Waals surface area (Å²) in [6.45, 7) is 0. The molecule has 0 saturated heterocycles. The second-order valence-corrected chi connectivity index (χ2v) is 16.0. The van der Waals surface area contributed by atoms with E-state index in [9.17, 15) is 0 Å². The summed E-state index contributed by atoms with van der Waals surface area (Å²) >= 11 is 11.8. The Balaban J connectivity index is 0.000000287. The second-order valence-electron chi connectivity index (χ2n) is 13.0. The summed E-state index contributed by atoms with van der Waals surface area (Å²) in [7, 11) is -1.44. The topological polar surface area (TPSA) is 104 Å². The number of phenolic OH excluding ortho intramolecular Hbond substituents is 1. The zero-order valence-electron chi connectivity index (χ0n) is 32.2. The first kappa shape index (κ1) is 53.4. The molecule has 0 amide bonds. The van der Waals surface area contributed by atoms with Crippen molar-refractivity contribution in [1.82, 2.24) is 0 Å². The van der Waals surface area contributed by atoms with Gasteiger partial charge in [-0.2, -0.15) is 0 Å². The van der Waals surface area contributed by atoms with Crippen molar-refractivity contribution < 1.29 is 60.8 Å². The van der Waals surface area contributed by atoms with Gasteiger partial charge in [0.1, 0.15) is 28.4 Å². The first-order valence-corrected chi connectivity index (χ1v) is 21.6. The van der Waals surface area contributed by atoms with E-state index in [4.69, 9.17) is 34.2 Å².